The van der Waals surface area contributed by atoms with Gasteiger partial charge < -0.3 is 33.8 Å². The third-order valence-electron chi connectivity index (χ3n) is 4.34. The highest BCUT2D eigenvalue weighted by Crippen LogP contribution is 2.19. The molecular weight excluding hydrogens is 463 g/mol. The van der Waals surface area contributed by atoms with E-state index in [4.69, 9.17) is 16.3 Å². The Morgan fingerprint density at radius 2 is 1.96 bits per heavy atom. The smallest absolute Gasteiger partial charge is 0.257 e. The van der Waals surface area contributed by atoms with Crippen LogP contribution in [0.15, 0.2) is 48.5 Å². The lowest BCUT2D eigenvalue weighted by Gasteiger charge is -2.12. The third-order valence-corrected chi connectivity index (χ3v) is 4.57. The first-order valence-electron chi connectivity index (χ1n) is 8.62. The minimum absolute atomic E-state index is 0. The fourth-order valence-corrected chi connectivity index (χ4v) is 3.36. The van der Waals surface area contributed by atoms with Crippen molar-refractivity contribution in [1.29, 1.82) is 0 Å². The van der Waals surface area contributed by atoms with Crippen LogP contribution >= 0.6 is 11.6 Å². The van der Waals surface area contributed by atoms with E-state index < -0.39 is 6.10 Å². The van der Waals surface area contributed by atoms with E-state index in [1.165, 1.54) is 11.3 Å². The van der Waals surface area contributed by atoms with E-state index in [1.54, 1.807) is 12.1 Å². The summed E-state index contributed by atoms with van der Waals surface area (Å²) in [6.45, 7) is 2.89. The number of imidazole rings is 1. The Labute approximate surface area is 176 Å². The zero-order valence-electron chi connectivity index (χ0n) is 15.0. The van der Waals surface area contributed by atoms with Crippen molar-refractivity contribution in [3.8, 4) is 5.75 Å². The van der Waals surface area contributed by atoms with Crippen LogP contribution in [0.25, 0.3) is 11.0 Å². The predicted molar refractivity (Wildman–Crippen MR) is 100 cm³/mol. The second-order valence-electron chi connectivity index (χ2n) is 6.25. The number of hydrogen-bond donors (Lipinski definition) is 1. The van der Waals surface area contributed by atoms with Gasteiger partial charge in [0.05, 0.1) is 7.05 Å². The van der Waals surface area contributed by atoms with Gasteiger partial charge in [0.15, 0.2) is 11.0 Å². The van der Waals surface area contributed by atoms with Crippen molar-refractivity contribution in [3.05, 3.63) is 59.4 Å². The summed E-state index contributed by atoms with van der Waals surface area (Å²) in [7, 11) is 2.08. The molecule has 0 amide bonds. The van der Waals surface area contributed by atoms with Crippen LogP contribution in [0.1, 0.15) is 19.2 Å². The molecule has 1 N–H and O–H groups in total. The van der Waals surface area contributed by atoms with Crippen LogP contribution in [0, 0.1) is 0 Å². The standard InChI is InChI=1S/C20H24ClN2O2.HI/c1-3-7-20-22(2)18-10-4-5-11-19(18)23(20)13-16(24)14-25-17-9-6-8-15(21)12-17;/h4-6,8-12,16,24H,3,7,13-14H2,1-2H3;1H/q+1;/p-1. The minimum Gasteiger partial charge on any atom is -1.00 e. The first-order valence-corrected chi connectivity index (χ1v) is 9.00. The van der Waals surface area contributed by atoms with Gasteiger partial charge in [0.2, 0.25) is 0 Å². The number of halogens is 2. The lowest BCUT2D eigenvalue weighted by Crippen LogP contribution is -3.00. The van der Waals surface area contributed by atoms with Crippen LogP contribution in [-0.2, 0) is 20.0 Å². The van der Waals surface area contributed by atoms with Crippen LogP contribution in [0.5, 0.6) is 5.75 Å². The summed E-state index contributed by atoms with van der Waals surface area (Å²) < 4.78 is 10.1. The summed E-state index contributed by atoms with van der Waals surface area (Å²) in [6, 6.07) is 15.5. The van der Waals surface area contributed by atoms with Gasteiger partial charge in [-0.25, -0.2) is 9.13 Å². The minimum atomic E-state index is -0.606. The van der Waals surface area contributed by atoms with Gasteiger partial charge in [0, 0.05) is 11.4 Å². The summed E-state index contributed by atoms with van der Waals surface area (Å²) in [5.41, 5.74) is 2.31. The number of aryl methyl sites for hydroxylation is 1. The number of fused-ring (bicyclic) bond motifs is 1. The fraction of sp³-hybridized carbons (Fsp3) is 0.350. The van der Waals surface area contributed by atoms with Crippen molar-refractivity contribution < 1.29 is 38.4 Å². The molecule has 0 radical (unpaired) electrons. The van der Waals surface area contributed by atoms with Gasteiger partial charge in [-0.2, -0.15) is 0 Å². The Hall–Kier alpha value is -1.31. The molecule has 0 fully saturated rings. The van der Waals surface area contributed by atoms with Gasteiger partial charge >= 0.3 is 0 Å². The number of hydrogen-bond acceptors (Lipinski definition) is 2. The predicted octanol–water partition coefficient (Wildman–Crippen LogP) is 0.516. The zero-order chi connectivity index (χ0) is 17.8. The molecule has 0 spiro atoms. The molecule has 0 aliphatic carbocycles. The van der Waals surface area contributed by atoms with Crippen LogP contribution in [0.4, 0.5) is 0 Å². The second kappa shape index (κ2) is 9.58. The molecule has 1 aromatic heterocycles. The average Bonchev–Trinajstić information content (AvgIpc) is 2.87. The van der Waals surface area contributed by atoms with E-state index in [0.29, 0.717) is 17.3 Å². The number of ether oxygens (including phenoxy) is 1. The highest BCUT2D eigenvalue weighted by molar-refractivity contribution is 6.30. The molecule has 6 heteroatoms. The monoisotopic (exact) mass is 486 g/mol. The first kappa shape index (κ1) is 21.0. The summed E-state index contributed by atoms with van der Waals surface area (Å²) in [5, 5.41) is 11.1. The van der Waals surface area contributed by atoms with Crippen molar-refractivity contribution in [2.75, 3.05) is 6.61 Å². The van der Waals surface area contributed by atoms with Crippen molar-refractivity contribution in [2.24, 2.45) is 7.05 Å². The zero-order valence-corrected chi connectivity index (χ0v) is 17.9. The van der Waals surface area contributed by atoms with Crippen LogP contribution in [0.2, 0.25) is 5.02 Å². The summed E-state index contributed by atoms with van der Waals surface area (Å²) in [4.78, 5) is 0. The molecule has 2 aromatic carbocycles. The molecule has 0 aliphatic rings. The van der Waals surface area contributed by atoms with Crippen LogP contribution in [0.3, 0.4) is 0 Å². The summed E-state index contributed by atoms with van der Waals surface area (Å²) in [6.07, 6.45) is 1.41. The molecule has 0 bridgehead atoms. The Kier molecular flexibility index (Phi) is 7.73. The molecule has 26 heavy (non-hydrogen) atoms. The normalized spacial score (nSPS) is 12.0. The van der Waals surface area contributed by atoms with E-state index in [9.17, 15) is 5.11 Å². The van der Waals surface area contributed by atoms with E-state index in [0.717, 1.165) is 18.4 Å². The number of nitrogens with zero attached hydrogens (tertiary/aromatic N) is 2. The maximum absolute atomic E-state index is 10.5. The van der Waals surface area contributed by atoms with Crippen LogP contribution in [-0.4, -0.2) is 22.4 Å². The average molecular weight is 487 g/mol. The topological polar surface area (TPSA) is 38.3 Å². The van der Waals surface area contributed by atoms with Crippen molar-refractivity contribution in [1.82, 2.24) is 4.57 Å². The number of benzene rings is 2. The first-order chi connectivity index (χ1) is 12.1. The maximum atomic E-state index is 10.5. The highest BCUT2D eigenvalue weighted by atomic mass is 127. The van der Waals surface area contributed by atoms with Crippen molar-refractivity contribution in [2.45, 2.75) is 32.4 Å². The number of aliphatic hydroxyl groups is 1. The number of aliphatic hydroxyl groups excluding tert-OH is 1. The lowest BCUT2D eigenvalue weighted by molar-refractivity contribution is -0.654. The Balaban J connectivity index is 0.00000243. The quantitative estimate of drug-likeness (QED) is 0.391. The molecule has 1 atom stereocenters. The lowest BCUT2D eigenvalue weighted by atomic mass is 10.3. The molecule has 140 valence electrons. The van der Waals surface area contributed by atoms with Crippen molar-refractivity contribution in [3.63, 3.8) is 0 Å². The van der Waals surface area contributed by atoms with Gasteiger partial charge in [-0.15, -0.1) is 0 Å². The number of rotatable bonds is 7. The summed E-state index contributed by atoms with van der Waals surface area (Å²) in [5.74, 6) is 1.88. The molecule has 0 saturated carbocycles. The fourth-order valence-electron chi connectivity index (χ4n) is 3.18. The largest absolute Gasteiger partial charge is 1.00 e. The van der Waals surface area contributed by atoms with Crippen molar-refractivity contribution >= 4 is 22.6 Å². The van der Waals surface area contributed by atoms with Crippen LogP contribution < -0.4 is 33.3 Å². The molecule has 1 heterocycles. The van der Waals surface area contributed by atoms with E-state index in [-0.39, 0.29) is 30.6 Å². The van der Waals surface area contributed by atoms with Gasteiger partial charge in [0.25, 0.3) is 5.82 Å². The Bertz CT molecular complexity index is 866. The highest BCUT2D eigenvalue weighted by Gasteiger charge is 2.23. The molecule has 3 rings (SSSR count). The molecule has 0 saturated heterocycles. The third kappa shape index (κ3) is 4.69. The van der Waals surface area contributed by atoms with E-state index in [2.05, 4.69) is 35.2 Å². The number of aromatic nitrogens is 2. The molecule has 1 unspecified atom stereocenters. The molecule has 4 nitrogen and oxygen atoms in total. The molecule has 3 aromatic rings. The SMILES string of the molecule is CCCc1n(CC(O)COc2cccc(Cl)c2)c2ccccc2[n+]1C.[I-]. The van der Waals surface area contributed by atoms with Gasteiger partial charge in [0.1, 0.15) is 25.0 Å². The Morgan fingerprint density at radius 1 is 1.19 bits per heavy atom. The summed E-state index contributed by atoms with van der Waals surface area (Å²) >= 11 is 5.96. The second-order valence-corrected chi connectivity index (χ2v) is 6.68. The van der Waals surface area contributed by atoms with Gasteiger partial charge in [-0.3, -0.25) is 0 Å². The van der Waals surface area contributed by atoms with Gasteiger partial charge in [-0.1, -0.05) is 36.7 Å². The molecular formula is C20H24ClIN2O2. The number of para-hydroxylation sites is 2. The van der Waals surface area contributed by atoms with E-state index >= 15 is 0 Å². The Morgan fingerprint density at radius 3 is 2.69 bits per heavy atom. The van der Waals surface area contributed by atoms with Gasteiger partial charge in [-0.05, 0) is 36.8 Å². The maximum Gasteiger partial charge on any atom is 0.257 e. The van der Waals surface area contributed by atoms with E-state index in [1.807, 2.05) is 24.3 Å². The molecule has 0 aliphatic heterocycles.